The van der Waals surface area contributed by atoms with Crippen LogP contribution in [0.15, 0.2) is 285 Å². The first kappa shape index (κ1) is 41.7. The van der Waals surface area contributed by atoms with Gasteiger partial charge in [-0.2, -0.15) is 0 Å². The molecule has 0 atom stereocenters. The van der Waals surface area contributed by atoms with Gasteiger partial charge in [-0.15, -0.1) is 0 Å². The zero-order valence-corrected chi connectivity index (χ0v) is 39.6. The van der Waals surface area contributed by atoms with Crippen molar-refractivity contribution in [3.63, 3.8) is 0 Å². The summed E-state index contributed by atoms with van der Waals surface area (Å²) in [5.74, 6) is 0. The smallest absolute Gasteiger partial charge is 0.0713 e. The molecule has 0 saturated heterocycles. The lowest BCUT2D eigenvalue weighted by molar-refractivity contribution is 0.768. The third-order valence-electron chi connectivity index (χ3n) is 15.3. The van der Waals surface area contributed by atoms with Crippen LogP contribution in [0.2, 0.25) is 0 Å². The van der Waals surface area contributed by atoms with Gasteiger partial charge in [0.1, 0.15) is 0 Å². The summed E-state index contributed by atoms with van der Waals surface area (Å²) in [6, 6.07) is 105. The predicted octanol–water partition coefficient (Wildman–Crippen LogP) is 19.1. The highest BCUT2D eigenvalue weighted by molar-refractivity contribution is 6.15. The van der Waals surface area contributed by atoms with Gasteiger partial charge in [0.15, 0.2) is 0 Å². The molecule has 0 unspecified atom stereocenters. The SMILES string of the molecule is c1ccc(C2(c3ccccc3)c3ccccc3-c3c(-c4ccc(N(c5cccc(-c6cc7ccccc7c7ccccc67)c5)c5cccc(-c6cc7ccccc7c7ccccc67)c5)cc4)cccc32)cc1. The van der Waals surface area contributed by atoms with E-state index in [1.807, 2.05) is 0 Å². The lowest BCUT2D eigenvalue weighted by atomic mass is 9.67. The van der Waals surface area contributed by atoms with Crippen LogP contribution >= 0.6 is 0 Å². The maximum atomic E-state index is 2.43. The molecule has 1 aliphatic rings. The van der Waals surface area contributed by atoms with Crippen LogP contribution in [0.25, 0.3) is 87.6 Å². The zero-order chi connectivity index (χ0) is 47.6. The molecule has 1 heteroatoms. The molecule has 0 N–H and O–H groups in total. The van der Waals surface area contributed by atoms with Gasteiger partial charge >= 0.3 is 0 Å². The molecular weight excluding hydrogens is 867 g/mol. The van der Waals surface area contributed by atoms with Gasteiger partial charge < -0.3 is 4.90 Å². The third kappa shape index (κ3) is 6.55. The zero-order valence-electron chi connectivity index (χ0n) is 39.6. The van der Waals surface area contributed by atoms with Crippen molar-refractivity contribution in [2.75, 3.05) is 4.90 Å². The van der Waals surface area contributed by atoms with E-state index in [0.717, 1.165) is 17.1 Å². The molecule has 13 aromatic rings. The van der Waals surface area contributed by atoms with Crippen molar-refractivity contribution in [1.29, 1.82) is 0 Å². The standard InChI is InChI=1S/C71H47N/c1-3-24-53(25-4-1)71(54-26-5-2-6-27-54)68-38-16-15-36-65(68)70-60(37-19-39-69(70)71)48-40-42-55(43-41-48)72(56-28-17-22-49(44-56)66-46-51-20-7-9-30-58(51)61-32-11-13-34-63(61)66)57-29-18-23-50(45-57)67-47-52-21-8-10-31-59(52)62-33-12-14-35-64(62)67/h1-47H. The first-order valence-corrected chi connectivity index (χ1v) is 25.0. The first-order chi connectivity index (χ1) is 35.7. The molecular formula is C71H47N. The van der Waals surface area contributed by atoms with Crippen LogP contribution in [-0.2, 0) is 5.41 Å². The molecule has 0 heterocycles. The van der Waals surface area contributed by atoms with E-state index in [1.54, 1.807) is 0 Å². The summed E-state index contributed by atoms with van der Waals surface area (Å²) in [5, 5.41) is 10.0. The number of hydrogen-bond donors (Lipinski definition) is 0. The molecule has 0 saturated carbocycles. The minimum atomic E-state index is -0.468. The van der Waals surface area contributed by atoms with Crippen LogP contribution in [0.5, 0.6) is 0 Å². The Morgan fingerprint density at radius 2 is 0.667 bits per heavy atom. The number of benzene rings is 13. The van der Waals surface area contributed by atoms with Crippen molar-refractivity contribution >= 4 is 60.2 Å². The lowest BCUT2D eigenvalue weighted by Gasteiger charge is -2.34. The second-order valence-corrected chi connectivity index (χ2v) is 19.1. The molecule has 0 fully saturated rings. The normalized spacial score (nSPS) is 12.6. The van der Waals surface area contributed by atoms with E-state index >= 15 is 0 Å². The molecule has 0 aliphatic heterocycles. The van der Waals surface area contributed by atoms with Crippen LogP contribution in [0, 0.1) is 0 Å². The fraction of sp³-hybridized carbons (Fsp3) is 0.0141. The van der Waals surface area contributed by atoms with Gasteiger partial charge in [-0.25, -0.2) is 0 Å². The number of hydrogen-bond acceptors (Lipinski definition) is 1. The van der Waals surface area contributed by atoms with Gasteiger partial charge in [0.2, 0.25) is 0 Å². The van der Waals surface area contributed by atoms with E-state index in [9.17, 15) is 0 Å². The maximum Gasteiger partial charge on any atom is 0.0713 e. The Balaban J connectivity index is 0.948. The molecule has 1 nitrogen and oxygen atoms in total. The summed E-state index contributed by atoms with van der Waals surface area (Å²) in [7, 11) is 0. The topological polar surface area (TPSA) is 3.24 Å². The summed E-state index contributed by atoms with van der Waals surface area (Å²) < 4.78 is 0. The Morgan fingerprint density at radius 1 is 0.236 bits per heavy atom. The van der Waals surface area contributed by atoms with Crippen molar-refractivity contribution in [2.45, 2.75) is 5.41 Å². The van der Waals surface area contributed by atoms with Crippen LogP contribution < -0.4 is 4.90 Å². The predicted molar refractivity (Wildman–Crippen MR) is 305 cm³/mol. The Bertz CT molecular complexity index is 4010. The second kappa shape index (κ2) is 17.0. The summed E-state index contributed by atoms with van der Waals surface area (Å²) >= 11 is 0. The molecule has 72 heavy (non-hydrogen) atoms. The minimum absolute atomic E-state index is 0.468. The average Bonchev–Trinajstić information content (AvgIpc) is 3.77. The summed E-state index contributed by atoms with van der Waals surface area (Å²) in [6.45, 7) is 0. The van der Waals surface area contributed by atoms with Gasteiger partial charge in [-0.05, 0) is 158 Å². The number of fused-ring (bicyclic) bond motifs is 9. The van der Waals surface area contributed by atoms with Gasteiger partial charge in [-0.3, -0.25) is 0 Å². The van der Waals surface area contributed by atoms with Gasteiger partial charge in [0.25, 0.3) is 0 Å². The highest BCUT2D eigenvalue weighted by atomic mass is 15.1. The van der Waals surface area contributed by atoms with Crippen LogP contribution in [-0.4, -0.2) is 0 Å². The lowest BCUT2D eigenvalue weighted by Crippen LogP contribution is -2.28. The van der Waals surface area contributed by atoms with E-state index in [0.29, 0.717) is 0 Å². The largest absolute Gasteiger partial charge is 0.310 e. The summed E-state index contributed by atoms with van der Waals surface area (Å²) in [6.07, 6.45) is 0. The van der Waals surface area contributed by atoms with Crippen molar-refractivity contribution in [3.05, 3.63) is 307 Å². The minimum Gasteiger partial charge on any atom is -0.310 e. The quantitative estimate of drug-likeness (QED) is 0.137. The number of rotatable bonds is 8. The third-order valence-corrected chi connectivity index (χ3v) is 15.3. The Morgan fingerprint density at radius 3 is 1.22 bits per heavy atom. The van der Waals surface area contributed by atoms with Crippen molar-refractivity contribution in [1.82, 2.24) is 0 Å². The fourth-order valence-electron chi connectivity index (χ4n) is 12.2. The van der Waals surface area contributed by atoms with Gasteiger partial charge in [0, 0.05) is 17.1 Å². The number of nitrogens with zero attached hydrogens (tertiary/aromatic N) is 1. The highest BCUT2D eigenvalue weighted by Gasteiger charge is 2.46. The molecule has 0 radical (unpaired) electrons. The van der Waals surface area contributed by atoms with Gasteiger partial charge in [0.05, 0.1) is 5.41 Å². The monoisotopic (exact) mass is 913 g/mol. The van der Waals surface area contributed by atoms with Crippen LogP contribution in [0.4, 0.5) is 17.1 Å². The number of anilines is 3. The molecule has 0 spiro atoms. The van der Waals surface area contributed by atoms with Gasteiger partial charge in [-0.1, -0.05) is 237 Å². The van der Waals surface area contributed by atoms with E-state index in [1.165, 1.54) is 110 Å². The molecule has 336 valence electrons. The van der Waals surface area contributed by atoms with E-state index < -0.39 is 5.41 Å². The van der Waals surface area contributed by atoms with E-state index in [-0.39, 0.29) is 0 Å². The molecule has 14 rings (SSSR count). The van der Waals surface area contributed by atoms with E-state index in [2.05, 4.69) is 290 Å². The first-order valence-electron chi connectivity index (χ1n) is 25.0. The molecule has 13 aromatic carbocycles. The summed E-state index contributed by atoms with van der Waals surface area (Å²) in [5.41, 5.74) is 17.7. The van der Waals surface area contributed by atoms with Crippen molar-refractivity contribution in [2.24, 2.45) is 0 Å². The van der Waals surface area contributed by atoms with Crippen LogP contribution in [0.1, 0.15) is 22.3 Å². The Labute approximate surface area is 420 Å². The van der Waals surface area contributed by atoms with Crippen molar-refractivity contribution in [3.8, 4) is 44.5 Å². The Hall–Kier alpha value is -9.30. The Kier molecular flexibility index (Phi) is 9.82. The van der Waals surface area contributed by atoms with Crippen molar-refractivity contribution < 1.29 is 0 Å². The highest BCUT2D eigenvalue weighted by Crippen LogP contribution is 2.58. The second-order valence-electron chi connectivity index (χ2n) is 19.1. The maximum absolute atomic E-state index is 2.43. The fourth-order valence-corrected chi connectivity index (χ4v) is 12.2. The van der Waals surface area contributed by atoms with Crippen LogP contribution in [0.3, 0.4) is 0 Å². The average molecular weight is 914 g/mol. The molecule has 0 bridgehead atoms. The molecule has 0 amide bonds. The summed E-state index contributed by atoms with van der Waals surface area (Å²) in [4.78, 5) is 2.43. The van der Waals surface area contributed by atoms with E-state index in [4.69, 9.17) is 0 Å². The molecule has 0 aromatic heterocycles. The molecule has 1 aliphatic carbocycles.